The van der Waals surface area contributed by atoms with Crippen molar-refractivity contribution < 1.29 is 36.1 Å². The first-order valence-electron chi connectivity index (χ1n) is 7.34. The van der Waals surface area contributed by atoms with E-state index in [1.807, 2.05) is 0 Å². The van der Waals surface area contributed by atoms with E-state index >= 15 is 0 Å². The maximum absolute atomic E-state index is 12.9. The molecule has 0 aliphatic carbocycles. The van der Waals surface area contributed by atoms with Gasteiger partial charge in [-0.15, -0.1) is 0 Å². The predicted molar refractivity (Wildman–Crippen MR) is 88.3 cm³/mol. The second-order valence-electron chi connectivity index (χ2n) is 5.16. The number of nitrogens with zero attached hydrogens (tertiary/aromatic N) is 4. The van der Waals surface area contributed by atoms with Crippen molar-refractivity contribution in [2.45, 2.75) is 0 Å². The molecular formula is C17H15ClN4O4. The van der Waals surface area contributed by atoms with E-state index in [1.165, 1.54) is 14.2 Å². The number of carbonyl (C=O) groups excluding carboxylic acids is 2. The van der Waals surface area contributed by atoms with Crippen molar-refractivity contribution in [3.63, 3.8) is 0 Å². The summed E-state index contributed by atoms with van der Waals surface area (Å²) in [6.07, 6.45) is 1.11. The van der Waals surface area contributed by atoms with Crippen LogP contribution < -0.4 is 21.9 Å². The Morgan fingerprint density at radius 1 is 0.808 bits per heavy atom. The highest BCUT2D eigenvalue weighted by molar-refractivity contribution is 6.06. The van der Waals surface area contributed by atoms with E-state index in [4.69, 9.17) is 9.47 Å². The molecule has 0 unspecified atom stereocenters. The zero-order valence-electron chi connectivity index (χ0n) is 14.0. The van der Waals surface area contributed by atoms with Crippen molar-refractivity contribution in [2.24, 2.45) is 15.5 Å². The van der Waals surface area contributed by atoms with Gasteiger partial charge in [-0.05, 0) is 48.5 Å². The summed E-state index contributed by atoms with van der Waals surface area (Å²) in [5.41, 5.74) is 0.574. The van der Waals surface area contributed by atoms with Crippen LogP contribution in [0.4, 0.5) is 0 Å². The zero-order valence-corrected chi connectivity index (χ0v) is 14.8. The van der Waals surface area contributed by atoms with E-state index in [0.29, 0.717) is 11.5 Å². The molecule has 134 valence electrons. The molecule has 0 saturated heterocycles. The third-order valence-electron chi connectivity index (χ3n) is 3.74. The molecule has 0 bridgehead atoms. The minimum Gasteiger partial charge on any atom is -1.00 e. The molecule has 0 spiro atoms. The van der Waals surface area contributed by atoms with Crippen LogP contribution in [-0.4, -0.2) is 37.0 Å². The van der Waals surface area contributed by atoms with E-state index < -0.39 is 16.4 Å². The van der Waals surface area contributed by atoms with Crippen LogP contribution in [0.2, 0.25) is 0 Å². The smallest absolute Gasteiger partial charge is 0.387 e. The topological polar surface area (TPSA) is 89.7 Å². The van der Waals surface area contributed by atoms with Gasteiger partial charge in [-0.2, -0.15) is 0 Å². The average Bonchev–Trinajstić information content (AvgIpc) is 3.18. The van der Waals surface area contributed by atoms with Gasteiger partial charge in [-0.3, -0.25) is 0 Å². The highest BCUT2D eigenvalue weighted by atomic mass is 35.5. The molecule has 1 heterocycles. The Balaban J connectivity index is 0.00000243. The number of quaternary nitrogens is 1. The number of amides is 2. The molecule has 8 nitrogen and oxygen atoms in total. The van der Waals surface area contributed by atoms with Crippen LogP contribution >= 0.6 is 0 Å². The Kier molecular flexibility index (Phi) is 5.81. The van der Waals surface area contributed by atoms with Gasteiger partial charge in [0.05, 0.1) is 30.6 Å². The second kappa shape index (κ2) is 7.85. The van der Waals surface area contributed by atoms with Gasteiger partial charge >= 0.3 is 11.8 Å². The number of hydrogen-bond acceptors (Lipinski definition) is 7. The van der Waals surface area contributed by atoms with E-state index in [-0.39, 0.29) is 23.5 Å². The Labute approximate surface area is 155 Å². The van der Waals surface area contributed by atoms with Crippen molar-refractivity contribution in [3.8, 4) is 11.5 Å². The van der Waals surface area contributed by atoms with Gasteiger partial charge in [0.15, 0.2) is 0 Å². The summed E-state index contributed by atoms with van der Waals surface area (Å²) in [5.74, 6) is 0.0736. The summed E-state index contributed by atoms with van der Waals surface area (Å²) >= 11 is 0. The Morgan fingerprint density at radius 2 is 1.23 bits per heavy atom. The quantitative estimate of drug-likeness (QED) is 0.549. The molecule has 0 fully saturated rings. The fraction of sp³-hybridized carbons (Fsp3) is 0.118. The van der Waals surface area contributed by atoms with Crippen LogP contribution in [0.1, 0.15) is 20.7 Å². The molecule has 0 atom stereocenters. The highest BCUT2D eigenvalue weighted by Crippen LogP contribution is 2.24. The molecule has 0 aromatic heterocycles. The number of benzene rings is 2. The van der Waals surface area contributed by atoms with Gasteiger partial charge in [-0.1, -0.05) is 5.10 Å². The number of halogens is 1. The van der Waals surface area contributed by atoms with E-state index in [1.54, 1.807) is 48.5 Å². The molecule has 1 aliphatic heterocycles. The van der Waals surface area contributed by atoms with Crippen molar-refractivity contribution >= 4 is 18.2 Å². The standard InChI is InChI=1S/C17H15N4O4.ClH/c1-24-14-7-3-12(4-8-14)16(22)21(11-18-19-20-21)17(23)13-5-9-15(25-2)10-6-13;/h3-11H,1-2H3;1H/q+1;/p-1. The lowest BCUT2D eigenvalue weighted by atomic mass is 10.1. The molecule has 0 saturated carbocycles. The zero-order chi connectivity index (χ0) is 17.9. The van der Waals surface area contributed by atoms with Crippen LogP contribution in [0.5, 0.6) is 11.5 Å². The molecule has 1 aliphatic rings. The van der Waals surface area contributed by atoms with Gasteiger partial charge in [-0.25, -0.2) is 9.59 Å². The molecule has 9 heteroatoms. The van der Waals surface area contributed by atoms with E-state index in [9.17, 15) is 9.59 Å². The number of methoxy groups -OCH3 is 2. The maximum atomic E-state index is 12.9. The van der Waals surface area contributed by atoms with Crippen LogP contribution in [0.15, 0.2) is 64.1 Å². The molecule has 2 aromatic rings. The molecule has 2 aromatic carbocycles. The number of imide groups is 1. The summed E-state index contributed by atoms with van der Waals surface area (Å²) in [6.45, 7) is 0. The lowest BCUT2D eigenvalue weighted by Crippen LogP contribution is -3.00. The second-order valence-corrected chi connectivity index (χ2v) is 5.16. The molecular weight excluding hydrogens is 360 g/mol. The normalized spacial score (nSPS) is 13.8. The summed E-state index contributed by atoms with van der Waals surface area (Å²) in [7, 11) is 3.05. The summed E-state index contributed by atoms with van der Waals surface area (Å²) in [5, 5.41) is 10.9. The fourth-order valence-corrected chi connectivity index (χ4v) is 2.35. The minimum atomic E-state index is -0.987. The molecule has 3 rings (SSSR count). The maximum Gasteiger partial charge on any atom is 0.387 e. The SMILES string of the molecule is COc1ccc(C(=O)[N+]2(C(=O)c3ccc(OC)cc3)C=NN=N2)cc1.[Cl-]. The van der Waals surface area contributed by atoms with E-state index in [0.717, 1.165) is 6.34 Å². The van der Waals surface area contributed by atoms with Crippen LogP contribution in [-0.2, 0) is 0 Å². The number of hydrogen-bond donors (Lipinski definition) is 0. The molecule has 2 amide bonds. The number of carbonyl (C=O) groups is 2. The van der Waals surface area contributed by atoms with E-state index in [2.05, 4.69) is 15.5 Å². The first kappa shape index (κ1) is 19.2. The molecule has 0 N–H and O–H groups in total. The first-order chi connectivity index (χ1) is 12.1. The number of rotatable bonds is 4. The average molecular weight is 375 g/mol. The largest absolute Gasteiger partial charge is 1.00 e. The van der Waals surface area contributed by atoms with Crippen molar-refractivity contribution in [1.82, 2.24) is 0 Å². The molecule has 0 radical (unpaired) electrons. The lowest BCUT2D eigenvalue weighted by molar-refractivity contribution is -0.668. The predicted octanol–water partition coefficient (Wildman–Crippen LogP) is -0.171. The van der Waals surface area contributed by atoms with Gasteiger partial charge in [0.25, 0.3) is 6.34 Å². The van der Waals surface area contributed by atoms with Crippen molar-refractivity contribution in [1.29, 1.82) is 0 Å². The van der Waals surface area contributed by atoms with Crippen molar-refractivity contribution in [2.75, 3.05) is 14.2 Å². The van der Waals surface area contributed by atoms with Gasteiger partial charge < -0.3 is 21.9 Å². The monoisotopic (exact) mass is 374 g/mol. The Hall–Kier alpha value is -3.10. The first-order valence-corrected chi connectivity index (χ1v) is 7.34. The van der Waals surface area contributed by atoms with Crippen LogP contribution in [0, 0.1) is 0 Å². The van der Waals surface area contributed by atoms with Gasteiger partial charge in [0, 0.05) is 9.82 Å². The van der Waals surface area contributed by atoms with Gasteiger partial charge in [0.2, 0.25) is 0 Å². The number of ether oxygens (including phenoxy) is 2. The summed E-state index contributed by atoms with van der Waals surface area (Å²) < 4.78 is 9.16. The third kappa shape index (κ3) is 3.32. The fourth-order valence-electron chi connectivity index (χ4n) is 2.35. The van der Waals surface area contributed by atoms with Crippen LogP contribution in [0.25, 0.3) is 0 Å². The summed E-state index contributed by atoms with van der Waals surface area (Å²) in [6, 6.07) is 12.8. The Morgan fingerprint density at radius 3 is 1.54 bits per heavy atom. The summed E-state index contributed by atoms with van der Waals surface area (Å²) in [4.78, 5) is 25.9. The Bertz CT molecular complexity index is 790. The lowest BCUT2D eigenvalue weighted by Gasteiger charge is -2.17. The van der Waals surface area contributed by atoms with Crippen molar-refractivity contribution in [3.05, 3.63) is 59.7 Å². The highest BCUT2D eigenvalue weighted by Gasteiger charge is 2.49. The third-order valence-corrected chi connectivity index (χ3v) is 3.74. The molecule has 26 heavy (non-hydrogen) atoms. The van der Waals surface area contributed by atoms with Crippen LogP contribution in [0.3, 0.4) is 0 Å². The van der Waals surface area contributed by atoms with Gasteiger partial charge in [0.1, 0.15) is 11.5 Å². The minimum absolute atomic E-state index is 0.